The number of thiazole rings is 1. The summed E-state index contributed by atoms with van der Waals surface area (Å²) in [7, 11) is -1.36. The van der Waals surface area contributed by atoms with Gasteiger partial charge in [-0.05, 0) is 37.8 Å². The van der Waals surface area contributed by atoms with Crippen molar-refractivity contribution in [2.75, 3.05) is 25.0 Å². The highest BCUT2D eigenvalue weighted by molar-refractivity contribution is 7.90. The average Bonchev–Trinajstić information content (AvgIpc) is 3.34. The Morgan fingerprint density at radius 3 is 2.78 bits per heavy atom. The largest absolute Gasteiger partial charge is 0.346 e. The lowest BCUT2D eigenvalue weighted by molar-refractivity contribution is 0.320. The fourth-order valence-electron chi connectivity index (χ4n) is 3.23. The highest BCUT2D eigenvalue weighted by Crippen LogP contribution is 2.34. The molecule has 124 valence electrons. The van der Waals surface area contributed by atoms with Crippen molar-refractivity contribution in [2.45, 2.75) is 37.0 Å². The molecule has 1 unspecified atom stereocenters. The third-order valence-electron chi connectivity index (χ3n) is 4.81. The van der Waals surface area contributed by atoms with Crippen LogP contribution in [0.5, 0.6) is 0 Å². The van der Waals surface area contributed by atoms with Gasteiger partial charge in [-0.2, -0.15) is 4.31 Å². The van der Waals surface area contributed by atoms with Crippen LogP contribution in [-0.2, 0) is 10.0 Å². The summed E-state index contributed by atoms with van der Waals surface area (Å²) >= 11 is 1.69. The maximum atomic E-state index is 12.5. The number of piperidine rings is 1. The summed E-state index contributed by atoms with van der Waals surface area (Å²) in [5.74, 6) is 0. The smallest absolute Gasteiger partial charge is 0.217 e. The van der Waals surface area contributed by atoms with Crippen LogP contribution in [0.1, 0.15) is 25.7 Å². The quantitative estimate of drug-likeness (QED) is 0.850. The fourth-order valence-corrected chi connectivity index (χ4v) is 6.02. The normalized spacial score (nSPS) is 22.9. The molecule has 4 rings (SSSR count). The van der Waals surface area contributed by atoms with Crippen LogP contribution in [-0.4, -0.2) is 49.1 Å². The van der Waals surface area contributed by atoms with E-state index in [1.54, 1.807) is 22.7 Å². The third kappa shape index (κ3) is 2.86. The number of fused-ring (bicyclic) bond motifs is 1. The second kappa shape index (κ2) is 5.72. The van der Waals surface area contributed by atoms with Crippen molar-refractivity contribution in [3.63, 3.8) is 0 Å². The van der Waals surface area contributed by atoms with E-state index in [0.29, 0.717) is 0 Å². The zero-order chi connectivity index (χ0) is 16.0. The molecular weight excluding hydrogens is 330 g/mol. The minimum Gasteiger partial charge on any atom is -0.346 e. The monoisotopic (exact) mass is 351 g/mol. The first kappa shape index (κ1) is 15.4. The summed E-state index contributed by atoms with van der Waals surface area (Å²) in [5, 5.41) is 0.874. The summed E-state index contributed by atoms with van der Waals surface area (Å²) in [6.07, 6.45) is 3.58. The Labute approximate surface area is 141 Å². The predicted molar refractivity (Wildman–Crippen MR) is 94.6 cm³/mol. The second-order valence-electron chi connectivity index (χ2n) is 6.47. The van der Waals surface area contributed by atoms with E-state index < -0.39 is 10.0 Å². The first-order chi connectivity index (χ1) is 11.1. The van der Waals surface area contributed by atoms with E-state index >= 15 is 0 Å². The molecule has 0 amide bonds. The molecule has 2 aliphatic rings. The Kier molecular flexibility index (Phi) is 3.82. The maximum Gasteiger partial charge on any atom is 0.217 e. The summed E-state index contributed by atoms with van der Waals surface area (Å²) < 4.78 is 27.8. The van der Waals surface area contributed by atoms with Crippen LogP contribution in [0, 0.1) is 0 Å². The van der Waals surface area contributed by atoms with Crippen LogP contribution >= 0.6 is 11.3 Å². The van der Waals surface area contributed by atoms with Crippen LogP contribution in [0.3, 0.4) is 0 Å². The first-order valence-corrected chi connectivity index (χ1v) is 10.4. The number of benzene rings is 1. The zero-order valence-electron chi connectivity index (χ0n) is 13.2. The lowest BCUT2D eigenvalue weighted by Gasteiger charge is -2.37. The lowest BCUT2D eigenvalue weighted by atomic mass is 10.1. The Morgan fingerprint density at radius 2 is 2.04 bits per heavy atom. The molecule has 5 nitrogen and oxygen atoms in total. The molecule has 2 fully saturated rings. The van der Waals surface area contributed by atoms with Gasteiger partial charge in [0.15, 0.2) is 5.13 Å². The molecule has 0 radical (unpaired) electrons. The number of sulfonamides is 1. The van der Waals surface area contributed by atoms with Gasteiger partial charge in [0.25, 0.3) is 0 Å². The molecule has 23 heavy (non-hydrogen) atoms. The van der Waals surface area contributed by atoms with Gasteiger partial charge < -0.3 is 4.90 Å². The van der Waals surface area contributed by atoms with Crippen molar-refractivity contribution in [3.8, 4) is 0 Å². The van der Waals surface area contributed by atoms with Crippen LogP contribution in [0.25, 0.3) is 10.2 Å². The number of aromatic nitrogens is 1. The molecule has 1 aromatic carbocycles. The number of nitrogens with zero attached hydrogens (tertiary/aromatic N) is 3. The highest BCUT2D eigenvalue weighted by atomic mass is 32.2. The van der Waals surface area contributed by atoms with Gasteiger partial charge in [-0.3, -0.25) is 0 Å². The zero-order valence-corrected chi connectivity index (χ0v) is 14.8. The topological polar surface area (TPSA) is 53.5 Å². The molecule has 1 aliphatic heterocycles. The van der Waals surface area contributed by atoms with Crippen LogP contribution < -0.4 is 4.90 Å². The van der Waals surface area contributed by atoms with Gasteiger partial charge in [0, 0.05) is 26.2 Å². The van der Waals surface area contributed by atoms with E-state index in [9.17, 15) is 8.42 Å². The molecule has 7 heteroatoms. The average molecular weight is 351 g/mol. The molecule has 1 aliphatic carbocycles. The Morgan fingerprint density at radius 1 is 1.26 bits per heavy atom. The van der Waals surface area contributed by atoms with E-state index in [0.717, 1.165) is 49.4 Å². The van der Waals surface area contributed by atoms with E-state index in [2.05, 4.69) is 11.0 Å². The number of hydrogen-bond donors (Lipinski definition) is 0. The Balaban J connectivity index is 1.54. The van der Waals surface area contributed by atoms with Crippen molar-refractivity contribution in [3.05, 3.63) is 24.3 Å². The molecule has 2 heterocycles. The van der Waals surface area contributed by atoms with E-state index in [4.69, 9.17) is 4.98 Å². The number of likely N-dealkylation sites (N-methyl/N-ethyl adjacent to an activating group) is 1. The fraction of sp³-hybridized carbons (Fsp3) is 0.562. The van der Waals surface area contributed by atoms with Gasteiger partial charge in [-0.15, -0.1) is 0 Å². The van der Waals surface area contributed by atoms with E-state index in [1.807, 2.05) is 18.2 Å². The SMILES string of the molecule is CN(C1CCCN(c2nc3ccccc3s2)C1)S(=O)(=O)C1CC1. The number of rotatable bonds is 4. The third-order valence-corrected chi connectivity index (χ3v) is 8.32. The van der Waals surface area contributed by atoms with Crippen molar-refractivity contribution >= 4 is 36.7 Å². The molecule has 1 aromatic heterocycles. The minimum absolute atomic E-state index is 0.0568. The first-order valence-electron chi connectivity index (χ1n) is 8.13. The summed E-state index contributed by atoms with van der Waals surface area (Å²) in [4.78, 5) is 6.96. The van der Waals surface area contributed by atoms with Gasteiger partial charge in [-0.1, -0.05) is 23.5 Å². The second-order valence-corrected chi connectivity index (χ2v) is 9.75. The summed E-state index contributed by atoms with van der Waals surface area (Å²) in [6.45, 7) is 1.69. The van der Waals surface area contributed by atoms with Gasteiger partial charge >= 0.3 is 0 Å². The van der Waals surface area contributed by atoms with Crippen molar-refractivity contribution in [1.82, 2.24) is 9.29 Å². The maximum absolute atomic E-state index is 12.5. The van der Waals surface area contributed by atoms with E-state index in [-0.39, 0.29) is 11.3 Å². The van der Waals surface area contributed by atoms with Crippen molar-refractivity contribution < 1.29 is 8.42 Å². The Bertz CT molecular complexity index is 781. The molecular formula is C16H21N3O2S2. The van der Waals surface area contributed by atoms with Crippen LogP contribution in [0.4, 0.5) is 5.13 Å². The molecule has 0 N–H and O–H groups in total. The van der Waals surface area contributed by atoms with Gasteiger partial charge in [0.2, 0.25) is 10.0 Å². The number of hydrogen-bond acceptors (Lipinski definition) is 5. The van der Waals surface area contributed by atoms with E-state index in [1.165, 1.54) is 4.70 Å². The lowest BCUT2D eigenvalue weighted by Crippen LogP contribution is -2.49. The molecule has 1 saturated heterocycles. The number of para-hydroxylation sites is 1. The minimum atomic E-state index is -3.11. The van der Waals surface area contributed by atoms with Crippen molar-refractivity contribution in [2.24, 2.45) is 0 Å². The summed E-state index contributed by atoms with van der Waals surface area (Å²) in [6, 6.07) is 8.20. The predicted octanol–water partition coefficient (Wildman–Crippen LogP) is 2.69. The molecule has 1 atom stereocenters. The van der Waals surface area contributed by atoms with Crippen LogP contribution in [0.2, 0.25) is 0 Å². The van der Waals surface area contributed by atoms with Crippen LogP contribution in [0.15, 0.2) is 24.3 Å². The van der Waals surface area contributed by atoms with Crippen molar-refractivity contribution in [1.29, 1.82) is 0 Å². The number of anilines is 1. The van der Waals surface area contributed by atoms with Gasteiger partial charge in [0.1, 0.15) is 0 Å². The van der Waals surface area contributed by atoms with Gasteiger partial charge in [0.05, 0.1) is 15.5 Å². The molecule has 0 spiro atoms. The standard InChI is InChI=1S/C16H21N3O2S2/c1-18(23(20,21)13-8-9-13)12-5-4-10-19(11-12)16-17-14-6-2-3-7-15(14)22-16/h2-3,6-7,12-13H,4-5,8-11H2,1H3. The summed E-state index contributed by atoms with van der Waals surface area (Å²) in [5.41, 5.74) is 1.02. The molecule has 2 aromatic rings. The highest BCUT2D eigenvalue weighted by Gasteiger charge is 2.41. The Hall–Kier alpha value is -1.18. The molecule has 0 bridgehead atoms. The van der Waals surface area contributed by atoms with Gasteiger partial charge in [-0.25, -0.2) is 13.4 Å². The molecule has 1 saturated carbocycles.